The molecule has 1 N–H and O–H groups in total. The predicted molar refractivity (Wildman–Crippen MR) is 117 cm³/mol. The highest BCUT2D eigenvalue weighted by Gasteiger charge is 2.41. The Balaban J connectivity index is 1.65. The zero-order valence-electron chi connectivity index (χ0n) is 16.8. The first-order chi connectivity index (χ1) is 14.6. The second kappa shape index (κ2) is 8.37. The van der Waals surface area contributed by atoms with Crippen molar-refractivity contribution in [3.05, 3.63) is 107 Å². The summed E-state index contributed by atoms with van der Waals surface area (Å²) in [5.41, 5.74) is 4.22. The van der Waals surface area contributed by atoms with Crippen LogP contribution in [0.2, 0.25) is 0 Å². The van der Waals surface area contributed by atoms with Crippen molar-refractivity contribution in [3.63, 3.8) is 0 Å². The Labute approximate surface area is 176 Å². The summed E-state index contributed by atoms with van der Waals surface area (Å²) in [5.74, 6) is -1.22. The lowest BCUT2D eigenvalue weighted by atomic mass is 9.94. The molecule has 4 nitrogen and oxygen atoms in total. The number of ketones is 1. The van der Waals surface area contributed by atoms with Crippen molar-refractivity contribution in [3.8, 4) is 11.1 Å². The van der Waals surface area contributed by atoms with E-state index in [9.17, 15) is 14.7 Å². The van der Waals surface area contributed by atoms with Gasteiger partial charge in [-0.25, -0.2) is 0 Å². The summed E-state index contributed by atoms with van der Waals surface area (Å²) in [6.45, 7) is 1.81. The molecule has 3 aromatic rings. The maximum atomic E-state index is 12.8. The number of carbonyl (C=O) groups excluding carboxylic acids is 2. The molecular formula is C26H23NO3. The molecule has 1 aliphatic rings. The lowest BCUT2D eigenvalue weighted by Crippen LogP contribution is -2.32. The SMILES string of the molecule is CC(=O)C1=C(O)C(=O)N(CCc2ccccc2)C1c1ccc(-c2ccccc2)cc1. The van der Waals surface area contributed by atoms with Gasteiger partial charge < -0.3 is 10.0 Å². The summed E-state index contributed by atoms with van der Waals surface area (Å²) < 4.78 is 0. The lowest BCUT2D eigenvalue weighted by Gasteiger charge is -2.27. The molecule has 0 bridgehead atoms. The number of amides is 1. The highest BCUT2D eigenvalue weighted by Crippen LogP contribution is 2.38. The first kappa shape index (κ1) is 19.6. The summed E-state index contributed by atoms with van der Waals surface area (Å²) in [6.07, 6.45) is 0.643. The van der Waals surface area contributed by atoms with Crippen molar-refractivity contribution in [2.24, 2.45) is 0 Å². The average Bonchev–Trinajstić information content (AvgIpc) is 3.04. The van der Waals surface area contributed by atoms with E-state index >= 15 is 0 Å². The molecule has 0 saturated carbocycles. The molecule has 4 rings (SSSR count). The minimum absolute atomic E-state index is 0.167. The topological polar surface area (TPSA) is 57.6 Å². The van der Waals surface area contributed by atoms with E-state index in [1.54, 1.807) is 4.90 Å². The summed E-state index contributed by atoms with van der Waals surface area (Å²) in [5, 5.41) is 10.4. The van der Waals surface area contributed by atoms with Gasteiger partial charge in [-0.1, -0.05) is 84.9 Å². The van der Waals surface area contributed by atoms with Gasteiger partial charge in [-0.05, 0) is 35.6 Å². The highest BCUT2D eigenvalue weighted by molar-refractivity contribution is 6.08. The average molecular weight is 397 g/mol. The normalized spacial score (nSPS) is 16.2. The summed E-state index contributed by atoms with van der Waals surface area (Å²) in [7, 11) is 0. The van der Waals surface area contributed by atoms with Crippen LogP contribution in [0.15, 0.2) is 96.3 Å². The van der Waals surface area contributed by atoms with Crippen LogP contribution in [0.5, 0.6) is 0 Å². The van der Waals surface area contributed by atoms with Crippen LogP contribution in [0, 0.1) is 0 Å². The minimum atomic E-state index is -0.580. The fraction of sp³-hybridized carbons (Fsp3) is 0.154. The molecule has 0 aliphatic carbocycles. The van der Waals surface area contributed by atoms with Gasteiger partial charge in [0.2, 0.25) is 0 Å². The number of carbonyl (C=O) groups is 2. The number of hydrogen-bond donors (Lipinski definition) is 1. The Morgan fingerprint density at radius 1 is 0.867 bits per heavy atom. The van der Waals surface area contributed by atoms with Crippen LogP contribution in [-0.4, -0.2) is 28.2 Å². The molecule has 1 unspecified atom stereocenters. The molecule has 4 heteroatoms. The van der Waals surface area contributed by atoms with Crippen molar-refractivity contribution < 1.29 is 14.7 Å². The van der Waals surface area contributed by atoms with Crippen molar-refractivity contribution in [1.29, 1.82) is 0 Å². The quantitative estimate of drug-likeness (QED) is 0.645. The molecule has 0 fully saturated rings. The summed E-state index contributed by atoms with van der Waals surface area (Å²) in [6, 6.07) is 27.1. The van der Waals surface area contributed by atoms with E-state index in [0.717, 1.165) is 22.3 Å². The largest absolute Gasteiger partial charge is 0.503 e. The van der Waals surface area contributed by atoms with Crippen LogP contribution in [0.1, 0.15) is 24.1 Å². The third kappa shape index (κ3) is 3.77. The van der Waals surface area contributed by atoms with E-state index in [2.05, 4.69) is 0 Å². The molecule has 1 amide bonds. The van der Waals surface area contributed by atoms with E-state index in [1.807, 2.05) is 84.9 Å². The van der Waals surface area contributed by atoms with Gasteiger partial charge in [-0.2, -0.15) is 0 Å². The molecule has 0 saturated heterocycles. The molecule has 1 aliphatic heterocycles. The zero-order chi connectivity index (χ0) is 21.1. The van der Waals surface area contributed by atoms with Crippen LogP contribution in [0.4, 0.5) is 0 Å². The molecular weight excluding hydrogens is 374 g/mol. The Morgan fingerprint density at radius 3 is 2.03 bits per heavy atom. The standard InChI is InChI=1S/C26H23NO3/c1-18(28)23-24(22-14-12-21(13-15-22)20-10-6-3-7-11-20)27(26(30)25(23)29)17-16-19-8-4-2-5-9-19/h2-15,24,29H,16-17H2,1H3. The van der Waals surface area contributed by atoms with Gasteiger partial charge >= 0.3 is 0 Å². The van der Waals surface area contributed by atoms with Crippen LogP contribution in [0.3, 0.4) is 0 Å². The number of Topliss-reactive ketones (excluding diaryl/α,β-unsaturated/α-hetero) is 1. The number of aliphatic hydroxyl groups is 1. The molecule has 150 valence electrons. The van der Waals surface area contributed by atoms with Crippen LogP contribution in [0.25, 0.3) is 11.1 Å². The van der Waals surface area contributed by atoms with E-state index in [1.165, 1.54) is 6.92 Å². The van der Waals surface area contributed by atoms with Gasteiger partial charge in [0.1, 0.15) is 0 Å². The molecule has 1 atom stereocenters. The number of hydrogen-bond acceptors (Lipinski definition) is 3. The van der Waals surface area contributed by atoms with Crippen LogP contribution < -0.4 is 0 Å². The van der Waals surface area contributed by atoms with Gasteiger partial charge in [-0.3, -0.25) is 9.59 Å². The van der Waals surface area contributed by atoms with E-state index < -0.39 is 17.7 Å². The first-order valence-corrected chi connectivity index (χ1v) is 10.0. The molecule has 30 heavy (non-hydrogen) atoms. The molecule has 0 aromatic heterocycles. The van der Waals surface area contributed by atoms with Crippen LogP contribution in [-0.2, 0) is 16.0 Å². The Bertz CT molecular complexity index is 1090. The maximum absolute atomic E-state index is 12.8. The van der Waals surface area contributed by atoms with Crippen molar-refractivity contribution in [1.82, 2.24) is 4.90 Å². The Hall–Kier alpha value is -3.66. The van der Waals surface area contributed by atoms with Gasteiger partial charge in [-0.15, -0.1) is 0 Å². The van der Waals surface area contributed by atoms with E-state index in [0.29, 0.717) is 13.0 Å². The second-order valence-electron chi connectivity index (χ2n) is 7.44. The molecule has 1 heterocycles. The molecule has 0 spiro atoms. The molecule has 0 radical (unpaired) electrons. The van der Waals surface area contributed by atoms with Gasteiger partial charge in [0, 0.05) is 6.54 Å². The Kier molecular flexibility index (Phi) is 5.48. The van der Waals surface area contributed by atoms with Gasteiger partial charge in [0.05, 0.1) is 11.6 Å². The van der Waals surface area contributed by atoms with E-state index in [4.69, 9.17) is 0 Å². The lowest BCUT2D eigenvalue weighted by molar-refractivity contribution is -0.129. The monoisotopic (exact) mass is 397 g/mol. The first-order valence-electron chi connectivity index (χ1n) is 10.0. The highest BCUT2D eigenvalue weighted by atomic mass is 16.3. The number of aliphatic hydroxyl groups excluding tert-OH is 1. The zero-order valence-corrected chi connectivity index (χ0v) is 16.8. The number of benzene rings is 3. The van der Waals surface area contributed by atoms with Gasteiger partial charge in [0.15, 0.2) is 11.5 Å². The maximum Gasteiger partial charge on any atom is 0.290 e. The minimum Gasteiger partial charge on any atom is -0.503 e. The third-order valence-electron chi connectivity index (χ3n) is 5.50. The van der Waals surface area contributed by atoms with Gasteiger partial charge in [0.25, 0.3) is 5.91 Å². The number of nitrogens with zero attached hydrogens (tertiary/aromatic N) is 1. The number of rotatable bonds is 6. The van der Waals surface area contributed by atoms with Crippen LogP contribution >= 0.6 is 0 Å². The van der Waals surface area contributed by atoms with Crippen molar-refractivity contribution >= 4 is 11.7 Å². The third-order valence-corrected chi connectivity index (χ3v) is 5.50. The summed E-state index contributed by atoms with van der Waals surface area (Å²) >= 11 is 0. The van der Waals surface area contributed by atoms with E-state index in [-0.39, 0.29) is 11.4 Å². The predicted octanol–water partition coefficient (Wildman–Crippen LogP) is 4.88. The summed E-state index contributed by atoms with van der Waals surface area (Å²) in [4.78, 5) is 26.7. The Morgan fingerprint density at radius 2 is 1.43 bits per heavy atom. The fourth-order valence-corrected chi connectivity index (χ4v) is 3.97. The molecule has 3 aromatic carbocycles. The second-order valence-corrected chi connectivity index (χ2v) is 7.44. The fourth-order valence-electron chi connectivity index (χ4n) is 3.97. The smallest absolute Gasteiger partial charge is 0.290 e. The van der Waals surface area contributed by atoms with Crippen molar-refractivity contribution in [2.45, 2.75) is 19.4 Å². The van der Waals surface area contributed by atoms with Crippen molar-refractivity contribution in [2.75, 3.05) is 6.54 Å².